The molecule has 0 fully saturated rings. The Morgan fingerprint density at radius 3 is 2.80 bits per heavy atom. The SMILES string of the molecule is CCc1nnc(-c2ccc(O)c(N)c2)o1. The number of hydrogen-bond donors (Lipinski definition) is 2. The number of aromatic nitrogens is 2. The molecular weight excluding hydrogens is 194 g/mol. The minimum atomic E-state index is 0.0500. The van der Waals surface area contributed by atoms with Gasteiger partial charge < -0.3 is 15.3 Å². The Labute approximate surface area is 86.6 Å². The van der Waals surface area contributed by atoms with Crippen LogP contribution >= 0.6 is 0 Å². The Balaban J connectivity index is 2.40. The van der Waals surface area contributed by atoms with Crippen molar-refractivity contribution in [3.8, 4) is 17.2 Å². The number of anilines is 1. The van der Waals surface area contributed by atoms with E-state index in [4.69, 9.17) is 10.2 Å². The zero-order valence-electron chi connectivity index (χ0n) is 8.27. The normalized spacial score (nSPS) is 10.5. The standard InChI is InChI=1S/C10H11N3O2/c1-2-9-12-13-10(15-9)6-3-4-8(14)7(11)5-6/h3-5,14H,2,11H2,1H3. The third kappa shape index (κ3) is 1.76. The van der Waals surface area contributed by atoms with E-state index in [1.807, 2.05) is 6.92 Å². The molecule has 0 aliphatic carbocycles. The molecule has 0 saturated heterocycles. The van der Waals surface area contributed by atoms with Gasteiger partial charge >= 0.3 is 0 Å². The van der Waals surface area contributed by atoms with Crippen molar-refractivity contribution < 1.29 is 9.52 Å². The molecule has 1 aromatic carbocycles. The molecule has 0 radical (unpaired) electrons. The number of aryl methyl sites for hydroxylation is 1. The number of phenols is 1. The van der Waals surface area contributed by atoms with Gasteiger partial charge in [0.05, 0.1) is 5.69 Å². The van der Waals surface area contributed by atoms with E-state index in [-0.39, 0.29) is 5.75 Å². The van der Waals surface area contributed by atoms with Crippen molar-refractivity contribution in [1.29, 1.82) is 0 Å². The van der Waals surface area contributed by atoms with Gasteiger partial charge in [-0.15, -0.1) is 10.2 Å². The predicted molar refractivity (Wildman–Crippen MR) is 55.2 cm³/mol. The first-order chi connectivity index (χ1) is 7.20. The van der Waals surface area contributed by atoms with Crippen molar-refractivity contribution in [1.82, 2.24) is 10.2 Å². The van der Waals surface area contributed by atoms with Crippen molar-refractivity contribution in [2.75, 3.05) is 5.73 Å². The van der Waals surface area contributed by atoms with E-state index in [2.05, 4.69) is 10.2 Å². The number of hydrogen-bond acceptors (Lipinski definition) is 5. The van der Waals surface area contributed by atoms with Crippen molar-refractivity contribution in [3.63, 3.8) is 0 Å². The number of nitrogen functional groups attached to an aromatic ring is 1. The van der Waals surface area contributed by atoms with Crippen LogP contribution in [0.2, 0.25) is 0 Å². The topological polar surface area (TPSA) is 85.2 Å². The average Bonchev–Trinajstić information content (AvgIpc) is 2.70. The van der Waals surface area contributed by atoms with Crippen LogP contribution in [0.3, 0.4) is 0 Å². The van der Waals surface area contributed by atoms with E-state index in [9.17, 15) is 5.11 Å². The average molecular weight is 205 g/mol. The first-order valence-electron chi connectivity index (χ1n) is 4.62. The number of benzene rings is 1. The summed E-state index contributed by atoms with van der Waals surface area (Å²) in [4.78, 5) is 0. The molecule has 15 heavy (non-hydrogen) atoms. The molecule has 2 aromatic rings. The third-order valence-corrected chi connectivity index (χ3v) is 2.04. The van der Waals surface area contributed by atoms with Gasteiger partial charge in [-0.25, -0.2) is 0 Å². The van der Waals surface area contributed by atoms with Gasteiger partial charge in [-0.2, -0.15) is 0 Å². The van der Waals surface area contributed by atoms with Gasteiger partial charge in [0.1, 0.15) is 5.75 Å². The zero-order valence-corrected chi connectivity index (χ0v) is 8.27. The molecule has 2 rings (SSSR count). The van der Waals surface area contributed by atoms with E-state index in [0.717, 1.165) is 0 Å². The second kappa shape index (κ2) is 3.61. The molecule has 0 amide bonds. The Kier molecular flexibility index (Phi) is 2.29. The summed E-state index contributed by atoms with van der Waals surface area (Å²) >= 11 is 0. The lowest BCUT2D eigenvalue weighted by Crippen LogP contribution is -1.86. The van der Waals surface area contributed by atoms with Crippen LogP contribution < -0.4 is 5.73 Å². The van der Waals surface area contributed by atoms with Gasteiger partial charge in [0, 0.05) is 12.0 Å². The fourth-order valence-corrected chi connectivity index (χ4v) is 1.20. The summed E-state index contributed by atoms with van der Waals surface area (Å²) in [5.41, 5.74) is 6.56. The minimum absolute atomic E-state index is 0.0500. The van der Waals surface area contributed by atoms with Crippen LogP contribution in [-0.2, 0) is 6.42 Å². The van der Waals surface area contributed by atoms with Crippen molar-refractivity contribution in [2.24, 2.45) is 0 Å². The highest BCUT2D eigenvalue weighted by Gasteiger charge is 2.08. The second-order valence-corrected chi connectivity index (χ2v) is 3.13. The summed E-state index contributed by atoms with van der Waals surface area (Å²) in [5.74, 6) is 1.05. The van der Waals surface area contributed by atoms with Crippen molar-refractivity contribution >= 4 is 5.69 Å². The van der Waals surface area contributed by atoms with E-state index >= 15 is 0 Å². The molecule has 0 unspecified atom stereocenters. The highest BCUT2D eigenvalue weighted by atomic mass is 16.4. The molecular formula is C10H11N3O2. The van der Waals surface area contributed by atoms with E-state index in [1.54, 1.807) is 12.1 Å². The molecule has 78 valence electrons. The number of nitrogens with zero attached hydrogens (tertiary/aromatic N) is 2. The number of nitrogens with two attached hydrogens (primary N) is 1. The van der Waals surface area contributed by atoms with Gasteiger partial charge in [-0.3, -0.25) is 0 Å². The Hall–Kier alpha value is -2.04. The second-order valence-electron chi connectivity index (χ2n) is 3.13. The third-order valence-electron chi connectivity index (χ3n) is 2.04. The monoisotopic (exact) mass is 205 g/mol. The molecule has 0 bridgehead atoms. The molecule has 0 saturated carbocycles. The van der Waals surface area contributed by atoms with Gasteiger partial charge in [0.15, 0.2) is 0 Å². The van der Waals surface area contributed by atoms with Crippen LogP contribution in [0.15, 0.2) is 22.6 Å². The quantitative estimate of drug-likeness (QED) is 0.574. The largest absolute Gasteiger partial charge is 0.506 e. The maximum absolute atomic E-state index is 9.25. The first-order valence-corrected chi connectivity index (χ1v) is 4.62. The first kappa shape index (κ1) is 9.51. The van der Waals surface area contributed by atoms with Gasteiger partial charge in [0.2, 0.25) is 11.8 Å². The van der Waals surface area contributed by atoms with Gasteiger partial charge in [0.25, 0.3) is 0 Å². The summed E-state index contributed by atoms with van der Waals surface area (Å²) in [6.07, 6.45) is 0.695. The molecule has 0 atom stereocenters. The van der Waals surface area contributed by atoms with Gasteiger partial charge in [-0.1, -0.05) is 6.92 Å². The van der Waals surface area contributed by atoms with Crippen molar-refractivity contribution in [3.05, 3.63) is 24.1 Å². The van der Waals surface area contributed by atoms with Crippen LogP contribution in [0.25, 0.3) is 11.5 Å². The minimum Gasteiger partial charge on any atom is -0.506 e. The van der Waals surface area contributed by atoms with Crippen LogP contribution in [0.5, 0.6) is 5.75 Å². The maximum atomic E-state index is 9.25. The fraction of sp³-hybridized carbons (Fsp3) is 0.200. The van der Waals surface area contributed by atoms with Gasteiger partial charge in [-0.05, 0) is 18.2 Å². The molecule has 5 nitrogen and oxygen atoms in total. The van der Waals surface area contributed by atoms with E-state index < -0.39 is 0 Å². The predicted octanol–water partition coefficient (Wildman–Crippen LogP) is 1.59. The molecule has 1 aromatic heterocycles. The Morgan fingerprint density at radius 1 is 1.40 bits per heavy atom. The van der Waals surface area contributed by atoms with E-state index in [0.29, 0.717) is 29.5 Å². The summed E-state index contributed by atoms with van der Waals surface area (Å²) < 4.78 is 5.35. The summed E-state index contributed by atoms with van der Waals surface area (Å²) in [5, 5.41) is 17.0. The van der Waals surface area contributed by atoms with Crippen LogP contribution in [-0.4, -0.2) is 15.3 Å². The fourth-order valence-electron chi connectivity index (χ4n) is 1.20. The van der Waals surface area contributed by atoms with Crippen molar-refractivity contribution in [2.45, 2.75) is 13.3 Å². The Morgan fingerprint density at radius 2 is 2.20 bits per heavy atom. The summed E-state index contributed by atoms with van der Waals surface area (Å²) in [6, 6.07) is 4.78. The van der Waals surface area contributed by atoms with Crippen LogP contribution in [0.4, 0.5) is 5.69 Å². The summed E-state index contributed by atoms with van der Waals surface area (Å²) in [7, 11) is 0. The molecule has 5 heteroatoms. The lowest BCUT2D eigenvalue weighted by molar-refractivity contribution is 0.478. The lowest BCUT2D eigenvalue weighted by Gasteiger charge is -1.99. The highest BCUT2D eigenvalue weighted by Crippen LogP contribution is 2.26. The zero-order chi connectivity index (χ0) is 10.8. The number of aromatic hydroxyl groups is 1. The highest BCUT2D eigenvalue weighted by molar-refractivity contribution is 5.64. The molecule has 0 aliphatic heterocycles. The van der Waals surface area contributed by atoms with Crippen LogP contribution in [0, 0.1) is 0 Å². The summed E-state index contributed by atoms with van der Waals surface area (Å²) in [6.45, 7) is 1.93. The van der Waals surface area contributed by atoms with Crippen LogP contribution in [0.1, 0.15) is 12.8 Å². The molecule has 0 aliphatic rings. The number of phenolic OH excluding ortho intramolecular Hbond substituents is 1. The molecule has 3 N–H and O–H groups in total. The molecule has 1 heterocycles. The Bertz CT molecular complexity index is 479. The molecule has 0 spiro atoms. The van der Waals surface area contributed by atoms with E-state index in [1.165, 1.54) is 6.07 Å². The number of rotatable bonds is 2. The smallest absolute Gasteiger partial charge is 0.247 e. The maximum Gasteiger partial charge on any atom is 0.247 e. The lowest BCUT2D eigenvalue weighted by atomic mass is 10.2.